The maximum Gasteiger partial charge on any atom is 0.264 e. The molecule has 0 atom stereocenters. The lowest BCUT2D eigenvalue weighted by molar-refractivity contribution is -0.115. The van der Waals surface area contributed by atoms with Crippen LogP contribution in [0, 0.1) is 6.92 Å². The molecule has 0 unspecified atom stereocenters. The van der Waals surface area contributed by atoms with Crippen molar-refractivity contribution in [2.75, 3.05) is 0 Å². The number of amidine groups is 1. The molecular weight excluding hydrogens is 304 g/mol. The predicted molar refractivity (Wildman–Crippen MR) is 97.8 cm³/mol. The molecule has 3 rings (SSSR count). The number of aliphatic imine (C=N–C) groups is 1. The van der Waals surface area contributed by atoms with E-state index in [0.717, 1.165) is 17.7 Å². The molecular formula is C19H18N2OS. The van der Waals surface area contributed by atoms with Crippen LogP contribution in [0.15, 0.2) is 58.4 Å². The van der Waals surface area contributed by atoms with Crippen molar-refractivity contribution >= 4 is 34.6 Å². The highest BCUT2D eigenvalue weighted by molar-refractivity contribution is 8.18. The monoisotopic (exact) mass is 322 g/mol. The van der Waals surface area contributed by atoms with E-state index in [2.05, 4.69) is 29.4 Å². The Kier molecular flexibility index (Phi) is 4.63. The van der Waals surface area contributed by atoms with Gasteiger partial charge in [-0.25, -0.2) is 4.99 Å². The summed E-state index contributed by atoms with van der Waals surface area (Å²) < 4.78 is 0. The lowest BCUT2D eigenvalue weighted by Crippen LogP contribution is -2.19. The normalized spacial score (nSPS) is 17.7. The van der Waals surface area contributed by atoms with Gasteiger partial charge in [0.1, 0.15) is 0 Å². The molecule has 1 aliphatic heterocycles. The van der Waals surface area contributed by atoms with Gasteiger partial charge >= 0.3 is 0 Å². The molecule has 3 nitrogen and oxygen atoms in total. The SMILES string of the molecule is CCc1ccc(N=C2NC(=O)C(=Cc3ccc(C)cc3)S2)cc1. The van der Waals surface area contributed by atoms with Crippen LogP contribution in [0.25, 0.3) is 6.08 Å². The molecule has 1 aliphatic rings. The summed E-state index contributed by atoms with van der Waals surface area (Å²) in [6.07, 6.45) is 2.90. The summed E-state index contributed by atoms with van der Waals surface area (Å²) in [6, 6.07) is 16.2. The van der Waals surface area contributed by atoms with Gasteiger partial charge in [-0.15, -0.1) is 0 Å². The first-order valence-corrected chi connectivity index (χ1v) is 8.41. The molecule has 1 heterocycles. The zero-order valence-corrected chi connectivity index (χ0v) is 14.0. The number of rotatable bonds is 3. The lowest BCUT2D eigenvalue weighted by atomic mass is 10.1. The lowest BCUT2D eigenvalue weighted by Gasteiger charge is -1.98. The Morgan fingerprint density at radius 3 is 2.43 bits per heavy atom. The second-order valence-corrected chi connectivity index (χ2v) is 6.44. The van der Waals surface area contributed by atoms with Crippen LogP contribution < -0.4 is 5.32 Å². The van der Waals surface area contributed by atoms with Crippen molar-refractivity contribution in [2.45, 2.75) is 20.3 Å². The molecule has 4 heteroatoms. The van der Waals surface area contributed by atoms with Crippen LogP contribution in [0.5, 0.6) is 0 Å². The van der Waals surface area contributed by atoms with Crippen molar-refractivity contribution < 1.29 is 4.79 Å². The van der Waals surface area contributed by atoms with Gasteiger partial charge < -0.3 is 5.32 Å². The molecule has 2 aromatic carbocycles. The third kappa shape index (κ3) is 3.90. The number of benzene rings is 2. The third-order valence-corrected chi connectivity index (χ3v) is 4.51. The minimum atomic E-state index is -0.0977. The molecule has 0 radical (unpaired) electrons. The number of carbonyl (C=O) groups excluding carboxylic acids is 1. The quantitative estimate of drug-likeness (QED) is 0.848. The van der Waals surface area contributed by atoms with Crippen LogP contribution in [0.2, 0.25) is 0 Å². The number of thioether (sulfide) groups is 1. The van der Waals surface area contributed by atoms with Crippen molar-refractivity contribution in [3.05, 3.63) is 70.1 Å². The smallest absolute Gasteiger partial charge is 0.264 e. The first kappa shape index (κ1) is 15.6. The highest BCUT2D eigenvalue weighted by Gasteiger charge is 2.23. The summed E-state index contributed by atoms with van der Waals surface area (Å²) in [5.74, 6) is -0.0977. The van der Waals surface area contributed by atoms with Gasteiger partial charge in [-0.05, 0) is 54.4 Å². The molecule has 2 aromatic rings. The molecule has 1 fully saturated rings. The number of amides is 1. The van der Waals surface area contributed by atoms with Gasteiger partial charge in [0.05, 0.1) is 10.6 Å². The highest BCUT2D eigenvalue weighted by Crippen LogP contribution is 2.28. The van der Waals surface area contributed by atoms with Gasteiger partial charge in [-0.1, -0.05) is 48.9 Å². The Morgan fingerprint density at radius 1 is 1.09 bits per heavy atom. The minimum absolute atomic E-state index is 0.0977. The summed E-state index contributed by atoms with van der Waals surface area (Å²) in [7, 11) is 0. The van der Waals surface area contributed by atoms with E-state index in [1.54, 1.807) is 0 Å². The molecule has 0 aromatic heterocycles. The standard InChI is InChI=1S/C19H18N2OS/c1-3-14-8-10-16(11-9-14)20-19-21-18(22)17(23-19)12-15-6-4-13(2)5-7-15/h4-12H,3H2,1-2H3,(H,20,21,22). The predicted octanol–water partition coefficient (Wildman–Crippen LogP) is 4.45. The Labute approximate surface area is 140 Å². The number of carbonyl (C=O) groups is 1. The van der Waals surface area contributed by atoms with Crippen molar-refractivity contribution in [3.8, 4) is 0 Å². The molecule has 0 bridgehead atoms. The van der Waals surface area contributed by atoms with Crippen molar-refractivity contribution in [1.29, 1.82) is 0 Å². The van der Waals surface area contributed by atoms with Gasteiger partial charge in [0.15, 0.2) is 5.17 Å². The molecule has 23 heavy (non-hydrogen) atoms. The second kappa shape index (κ2) is 6.84. The summed E-state index contributed by atoms with van der Waals surface area (Å²) in [5.41, 5.74) is 4.34. The van der Waals surface area contributed by atoms with E-state index in [1.165, 1.54) is 22.9 Å². The molecule has 116 valence electrons. The zero-order valence-electron chi connectivity index (χ0n) is 13.2. The third-order valence-electron chi connectivity index (χ3n) is 3.60. The Morgan fingerprint density at radius 2 is 1.78 bits per heavy atom. The summed E-state index contributed by atoms with van der Waals surface area (Å²) in [4.78, 5) is 17.2. The molecule has 0 spiro atoms. The zero-order chi connectivity index (χ0) is 16.2. The number of hydrogen-bond donors (Lipinski definition) is 1. The van der Waals surface area contributed by atoms with Crippen LogP contribution in [0.1, 0.15) is 23.6 Å². The van der Waals surface area contributed by atoms with Crippen LogP contribution in [0.3, 0.4) is 0 Å². The van der Waals surface area contributed by atoms with E-state index >= 15 is 0 Å². The van der Waals surface area contributed by atoms with Crippen molar-refractivity contribution in [3.63, 3.8) is 0 Å². The summed E-state index contributed by atoms with van der Waals surface area (Å²) >= 11 is 1.37. The first-order chi connectivity index (χ1) is 11.1. The molecule has 0 aliphatic carbocycles. The number of nitrogens with zero attached hydrogens (tertiary/aromatic N) is 1. The van der Waals surface area contributed by atoms with Gasteiger partial charge in [0.2, 0.25) is 0 Å². The van der Waals surface area contributed by atoms with E-state index in [1.807, 2.05) is 49.4 Å². The van der Waals surface area contributed by atoms with E-state index in [4.69, 9.17) is 0 Å². The molecule has 1 N–H and O–H groups in total. The minimum Gasteiger partial charge on any atom is -0.300 e. The summed E-state index contributed by atoms with van der Waals surface area (Å²) in [6.45, 7) is 4.17. The molecule has 1 saturated heterocycles. The Bertz CT molecular complexity index is 774. The maximum atomic E-state index is 12.1. The van der Waals surface area contributed by atoms with E-state index < -0.39 is 0 Å². The van der Waals surface area contributed by atoms with Crippen molar-refractivity contribution in [2.24, 2.45) is 4.99 Å². The fraction of sp³-hybridized carbons (Fsp3) is 0.158. The van der Waals surface area contributed by atoms with Crippen molar-refractivity contribution in [1.82, 2.24) is 5.32 Å². The van der Waals surface area contributed by atoms with Gasteiger partial charge in [0, 0.05) is 0 Å². The van der Waals surface area contributed by atoms with Crippen LogP contribution >= 0.6 is 11.8 Å². The van der Waals surface area contributed by atoms with Crippen LogP contribution in [-0.2, 0) is 11.2 Å². The topological polar surface area (TPSA) is 41.5 Å². The maximum absolute atomic E-state index is 12.1. The Hall–Kier alpha value is -2.33. The average Bonchev–Trinajstić information content (AvgIpc) is 2.90. The average molecular weight is 322 g/mol. The number of aryl methyl sites for hydroxylation is 2. The highest BCUT2D eigenvalue weighted by atomic mass is 32.2. The van der Waals surface area contributed by atoms with Crippen LogP contribution in [-0.4, -0.2) is 11.1 Å². The fourth-order valence-electron chi connectivity index (χ4n) is 2.22. The number of nitrogens with one attached hydrogen (secondary N) is 1. The van der Waals surface area contributed by atoms with Gasteiger partial charge in [-0.3, -0.25) is 4.79 Å². The molecule has 0 saturated carbocycles. The first-order valence-electron chi connectivity index (χ1n) is 7.59. The van der Waals surface area contributed by atoms with Gasteiger partial charge in [-0.2, -0.15) is 0 Å². The van der Waals surface area contributed by atoms with E-state index in [9.17, 15) is 4.79 Å². The van der Waals surface area contributed by atoms with E-state index in [0.29, 0.717) is 10.1 Å². The fourth-order valence-corrected chi connectivity index (χ4v) is 3.06. The largest absolute Gasteiger partial charge is 0.300 e. The van der Waals surface area contributed by atoms with E-state index in [-0.39, 0.29) is 5.91 Å². The molecule has 1 amide bonds. The van der Waals surface area contributed by atoms with Gasteiger partial charge in [0.25, 0.3) is 5.91 Å². The number of hydrogen-bond acceptors (Lipinski definition) is 3. The Balaban J connectivity index is 1.78. The van der Waals surface area contributed by atoms with Crippen LogP contribution in [0.4, 0.5) is 5.69 Å². The summed E-state index contributed by atoms with van der Waals surface area (Å²) in [5, 5.41) is 3.44. The second-order valence-electron chi connectivity index (χ2n) is 5.41.